The van der Waals surface area contributed by atoms with Crippen molar-refractivity contribution in [2.75, 3.05) is 14.1 Å². The first-order valence-corrected chi connectivity index (χ1v) is 10.1. The second-order valence-corrected chi connectivity index (χ2v) is 8.44. The van der Waals surface area contributed by atoms with Crippen molar-refractivity contribution in [3.63, 3.8) is 0 Å². The molecule has 4 rings (SSSR count). The van der Waals surface area contributed by atoms with E-state index in [0.717, 1.165) is 18.4 Å². The highest BCUT2D eigenvalue weighted by Crippen LogP contribution is 2.52. The van der Waals surface area contributed by atoms with Crippen molar-refractivity contribution in [3.05, 3.63) is 70.6 Å². The van der Waals surface area contributed by atoms with Gasteiger partial charge >= 0.3 is 0 Å². The summed E-state index contributed by atoms with van der Waals surface area (Å²) in [6.07, 6.45) is 4.68. The number of carbonyl (C=O) groups is 2. The van der Waals surface area contributed by atoms with Gasteiger partial charge in [-0.2, -0.15) is 0 Å². The predicted octanol–water partition coefficient (Wildman–Crippen LogP) is 1.93. The van der Waals surface area contributed by atoms with Crippen molar-refractivity contribution in [1.82, 2.24) is 14.4 Å². The summed E-state index contributed by atoms with van der Waals surface area (Å²) >= 11 is 0. The van der Waals surface area contributed by atoms with Crippen LogP contribution in [-0.2, 0) is 22.6 Å². The fourth-order valence-electron chi connectivity index (χ4n) is 5.28. The molecule has 1 aromatic carbocycles. The third-order valence-electron chi connectivity index (χ3n) is 6.43. The van der Waals surface area contributed by atoms with Gasteiger partial charge in [-0.3, -0.25) is 14.4 Å². The molecule has 29 heavy (non-hydrogen) atoms. The minimum absolute atomic E-state index is 0.0181. The minimum atomic E-state index is -0.606. The molecule has 0 aliphatic carbocycles. The molecule has 2 aliphatic rings. The van der Waals surface area contributed by atoms with Gasteiger partial charge in [0.25, 0.3) is 5.56 Å². The average Bonchev–Trinajstić information content (AvgIpc) is 3.26. The molecule has 2 amide bonds. The summed E-state index contributed by atoms with van der Waals surface area (Å²) in [6.45, 7) is 0.0181. The molecular formula is C23H27N3O3. The van der Waals surface area contributed by atoms with Crippen molar-refractivity contribution >= 4 is 11.8 Å². The van der Waals surface area contributed by atoms with Gasteiger partial charge in [-0.1, -0.05) is 36.4 Å². The number of hydrogen-bond donors (Lipinski definition) is 0. The van der Waals surface area contributed by atoms with Crippen LogP contribution >= 0.6 is 0 Å². The van der Waals surface area contributed by atoms with Gasteiger partial charge in [0.1, 0.15) is 6.54 Å². The van der Waals surface area contributed by atoms with Gasteiger partial charge in [0.2, 0.25) is 11.8 Å². The number of nitrogens with zero attached hydrogens (tertiary/aromatic N) is 3. The van der Waals surface area contributed by atoms with Crippen molar-refractivity contribution in [3.8, 4) is 0 Å². The highest BCUT2D eigenvalue weighted by Gasteiger charge is 2.61. The van der Waals surface area contributed by atoms with Crippen LogP contribution in [-0.4, -0.2) is 52.4 Å². The van der Waals surface area contributed by atoms with Gasteiger partial charge in [-0.25, -0.2) is 0 Å². The third-order valence-corrected chi connectivity index (χ3v) is 6.43. The van der Waals surface area contributed by atoms with Crippen LogP contribution in [0.1, 0.15) is 24.8 Å². The first-order valence-electron chi connectivity index (χ1n) is 10.1. The number of aromatic nitrogens is 1. The minimum Gasteiger partial charge on any atom is -0.348 e. The molecule has 3 heterocycles. The van der Waals surface area contributed by atoms with Gasteiger partial charge < -0.3 is 14.4 Å². The maximum Gasteiger partial charge on any atom is 0.250 e. The lowest BCUT2D eigenvalue weighted by atomic mass is 9.69. The van der Waals surface area contributed by atoms with Crippen molar-refractivity contribution in [1.29, 1.82) is 0 Å². The van der Waals surface area contributed by atoms with E-state index in [1.54, 1.807) is 37.3 Å². The molecule has 2 bridgehead atoms. The zero-order chi connectivity index (χ0) is 20.6. The molecule has 6 nitrogen and oxygen atoms in total. The zero-order valence-corrected chi connectivity index (χ0v) is 17.0. The number of rotatable bonds is 5. The average molecular weight is 393 g/mol. The Hall–Kier alpha value is -2.89. The van der Waals surface area contributed by atoms with E-state index in [1.807, 2.05) is 35.2 Å². The maximum atomic E-state index is 13.4. The Labute approximate surface area is 170 Å². The highest BCUT2D eigenvalue weighted by atomic mass is 16.2. The highest BCUT2D eigenvalue weighted by molar-refractivity contribution is 5.87. The molecule has 0 radical (unpaired) electrons. The van der Waals surface area contributed by atoms with Crippen LogP contribution < -0.4 is 5.56 Å². The maximum absolute atomic E-state index is 13.4. The van der Waals surface area contributed by atoms with E-state index in [2.05, 4.69) is 0 Å². The lowest BCUT2D eigenvalue weighted by molar-refractivity contribution is -0.143. The van der Waals surface area contributed by atoms with Gasteiger partial charge in [-0.15, -0.1) is 0 Å². The van der Waals surface area contributed by atoms with E-state index >= 15 is 0 Å². The Morgan fingerprint density at radius 1 is 1.07 bits per heavy atom. The molecule has 0 saturated carbocycles. The van der Waals surface area contributed by atoms with E-state index in [-0.39, 0.29) is 36.0 Å². The Morgan fingerprint density at radius 3 is 2.48 bits per heavy atom. The van der Waals surface area contributed by atoms with Crippen LogP contribution in [0.4, 0.5) is 0 Å². The van der Waals surface area contributed by atoms with E-state index in [9.17, 15) is 14.4 Å². The molecule has 0 spiro atoms. The lowest BCUT2D eigenvalue weighted by Gasteiger charge is -2.38. The molecular weight excluding hydrogens is 366 g/mol. The summed E-state index contributed by atoms with van der Waals surface area (Å²) in [5.74, 6) is 0.00974. The first-order chi connectivity index (χ1) is 13.9. The molecule has 3 atom stereocenters. The second kappa shape index (κ2) is 7.50. The summed E-state index contributed by atoms with van der Waals surface area (Å²) in [4.78, 5) is 42.2. The normalized spacial score (nSPS) is 25.2. The van der Waals surface area contributed by atoms with Gasteiger partial charge in [-0.05, 0) is 37.3 Å². The molecule has 152 valence electrons. The number of benzene rings is 1. The molecule has 2 fully saturated rings. The van der Waals surface area contributed by atoms with Crippen LogP contribution in [0.3, 0.4) is 0 Å². The van der Waals surface area contributed by atoms with Gasteiger partial charge in [0, 0.05) is 38.4 Å². The number of fused-ring (bicyclic) bond motifs is 2. The van der Waals surface area contributed by atoms with Crippen LogP contribution in [0.2, 0.25) is 0 Å². The number of amides is 2. The van der Waals surface area contributed by atoms with E-state index in [0.29, 0.717) is 12.8 Å². The fraction of sp³-hybridized carbons (Fsp3) is 0.435. The Bertz CT molecular complexity index is 969. The van der Waals surface area contributed by atoms with Crippen LogP contribution in [0.5, 0.6) is 0 Å². The lowest BCUT2D eigenvalue weighted by Crippen LogP contribution is -2.51. The Balaban J connectivity index is 1.65. The van der Waals surface area contributed by atoms with Crippen molar-refractivity contribution < 1.29 is 9.59 Å². The predicted molar refractivity (Wildman–Crippen MR) is 110 cm³/mol. The fourth-order valence-corrected chi connectivity index (χ4v) is 5.28. The topological polar surface area (TPSA) is 62.6 Å². The van der Waals surface area contributed by atoms with Crippen molar-refractivity contribution in [2.45, 2.75) is 44.3 Å². The van der Waals surface area contributed by atoms with Crippen LogP contribution in [0.15, 0.2) is 59.5 Å². The Kier molecular flexibility index (Phi) is 5.03. The Morgan fingerprint density at radius 2 is 1.79 bits per heavy atom. The molecule has 2 aromatic rings. The summed E-state index contributed by atoms with van der Waals surface area (Å²) in [5.41, 5.74) is 0.319. The molecule has 2 aliphatic heterocycles. The summed E-state index contributed by atoms with van der Waals surface area (Å²) in [7, 11) is 3.58. The largest absolute Gasteiger partial charge is 0.348 e. The first kappa shape index (κ1) is 19.4. The summed E-state index contributed by atoms with van der Waals surface area (Å²) in [5, 5.41) is 0. The third kappa shape index (κ3) is 3.37. The van der Waals surface area contributed by atoms with Gasteiger partial charge in [0.15, 0.2) is 0 Å². The number of hydrogen-bond acceptors (Lipinski definition) is 3. The number of pyridine rings is 1. The molecule has 0 unspecified atom stereocenters. The quantitative estimate of drug-likeness (QED) is 0.780. The van der Waals surface area contributed by atoms with E-state index in [1.165, 1.54) is 10.6 Å². The molecule has 2 saturated heterocycles. The zero-order valence-electron chi connectivity index (χ0n) is 17.0. The van der Waals surface area contributed by atoms with Crippen LogP contribution in [0, 0.1) is 5.41 Å². The van der Waals surface area contributed by atoms with E-state index < -0.39 is 5.41 Å². The summed E-state index contributed by atoms with van der Waals surface area (Å²) in [6, 6.07) is 14.8. The van der Waals surface area contributed by atoms with Gasteiger partial charge in [0.05, 0.1) is 5.41 Å². The second-order valence-electron chi connectivity index (χ2n) is 8.44. The van der Waals surface area contributed by atoms with Crippen molar-refractivity contribution in [2.24, 2.45) is 5.41 Å². The molecule has 6 heteroatoms. The molecule has 1 aromatic heterocycles. The summed E-state index contributed by atoms with van der Waals surface area (Å²) < 4.78 is 1.44. The SMILES string of the molecule is CN(C)C(=O)[C@]1(Cc2ccccc2)C[C@@H]2CC[C@H]1N2C(=O)Cn1ccccc1=O. The van der Waals surface area contributed by atoms with Crippen LogP contribution in [0.25, 0.3) is 0 Å². The smallest absolute Gasteiger partial charge is 0.250 e. The molecule has 0 N–H and O–H groups in total. The van der Waals surface area contributed by atoms with E-state index in [4.69, 9.17) is 0 Å². The number of carbonyl (C=O) groups excluding carboxylic acids is 2. The standard InChI is InChI=1S/C23H27N3O3/c1-24(2)22(29)23(14-17-8-4-3-5-9-17)15-18-11-12-19(23)26(18)21(28)16-25-13-7-6-10-20(25)27/h3-10,13,18-19H,11-12,14-16H2,1-2H3/t18-,19+,23+/m0/s1. The monoisotopic (exact) mass is 393 g/mol.